The van der Waals surface area contributed by atoms with Gasteiger partial charge in [0.15, 0.2) is 0 Å². The Labute approximate surface area is 251 Å². The summed E-state index contributed by atoms with van der Waals surface area (Å²) in [5.41, 5.74) is 1.78. The summed E-state index contributed by atoms with van der Waals surface area (Å²) in [6.45, 7) is 7.67. The lowest BCUT2D eigenvalue weighted by atomic mass is 9.98. The van der Waals surface area contributed by atoms with Gasteiger partial charge in [0.05, 0.1) is 12.5 Å². The van der Waals surface area contributed by atoms with Gasteiger partial charge >= 0.3 is 6.09 Å². The number of ether oxygens (including phenoxy) is 1. The van der Waals surface area contributed by atoms with E-state index in [1.165, 1.54) is 4.90 Å². The molecule has 3 atom stereocenters. The van der Waals surface area contributed by atoms with Crippen molar-refractivity contribution in [3.63, 3.8) is 0 Å². The largest absolute Gasteiger partial charge is 0.445 e. The van der Waals surface area contributed by atoms with Gasteiger partial charge in [-0.15, -0.1) is 10.2 Å². The Morgan fingerprint density at radius 2 is 1.51 bits per heavy atom. The molecule has 1 aromatic heterocycles. The van der Waals surface area contributed by atoms with Crippen LogP contribution in [0, 0.1) is 11.8 Å². The molecule has 43 heavy (non-hydrogen) atoms. The number of ketones is 1. The van der Waals surface area contributed by atoms with E-state index in [2.05, 4.69) is 20.8 Å². The standard InChI is InChI=1S/C32H39N5O6/c1-20(2)26(28(38)30-36-35-25(43-30)18-22-12-7-5-8-13-22)33-29(39)24-16-11-17-37(24)31(40)27(21(3)4)34-32(41)42-19-23-14-9-6-10-15-23/h5-10,12-15,20-21,24,26-27H,11,16-19H2,1-4H3,(H,33,39)(H,34,41)/t24-,26-,27-/m0/s1. The van der Waals surface area contributed by atoms with E-state index in [9.17, 15) is 19.2 Å². The normalized spacial score (nSPS) is 16.1. The van der Waals surface area contributed by atoms with Gasteiger partial charge in [0, 0.05) is 6.54 Å². The number of rotatable bonds is 12. The zero-order chi connectivity index (χ0) is 30.9. The van der Waals surface area contributed by atoms with Crippen LogP contribution in [0.3, 0.4) is 0 Å². The van der Waals surface area contributed by atoms with Gasteiger partial charge in [0.25, 0.3) is 5.89 Å². The van der Waals surface area contributed by atoms with Crippen molar-refractivity contribution >= 4 is 23.7 Å². The number of likely N-dealkylation sites (tertiary alicyclic amines) is 1. The highest BCUT2D eigenvalue weighted by Gasteiger charge is 2.40. The maximum absolute atomic E-state index is 13.6. The van der Waals surface area contributed by atoms with Gasteiger partial charge < -0.3 is 24.7 Å². The molecule has 11 heteroatoms. The first-order valence-corrected chi connectivity index (χ1v) is 14.6. The third-order valence-corrected chi connectivity index (χ3v) is 7.38. The van der Waals surface area contributed by atoms with Crippen LogP contribution in [0.1, 0.15) is 68.2 Å². The van der Waals surface area contributed by atoms with Crippen LogP contribution in [-0.4, -0.2) is 63.5 Å². The molecule has 1 fully saturated rings. The topological polar surface area (TPSA) is 144 Å². The van der Waals surface area contributed by atoms with E-state index in [4.69, 9.17) is 9.15 Å². The summed E-state index contributed by atoms with van der Waals surface area (Å²) in [5.74, 6) is -1.73. The molecule has 4 rings (SSSR count). The van der Waals surface area contributed by atoms with Gasteiger partial charge in [0.1, 0.15) is 18.7 Å². The zero-order valence-electron chi connectivity index (χ0n) is 25.0. The highest BCUT2D eigenvalue weighted by molar-refractivity contribution is 6.00. The summed E-state index contributed by atoms with van der Waals surface area (Å²) in [6, 6.07) is 16.2. The number of aromatic nitrogens is 2. The summed E-state index contributed by atoms with van der Waals surface area (Å²) < 4.78 is 11.0. The fourth-order valence-electron chi connectivity index (χ4n) is 5.00. The third kappa shape index (κ3) is 8.27. The Kier molecular flexibility index (Phi) is 10.6. The molecule has 1 saturated heterocycles. The predicted octanol–water partition coefficient (Wildman–Crippen LogP) is 3.93. The monoisotopic (exact) mass is 589 g/mol. The van der Waals surface area contributed by atoms with Crippen molar-refractivity contribution in [2.75, 3.05) is 6.54 Å². The third-order valence-electron chi connectivity index (χ3n) is 7.38. The second kappa shape index (κ2) is 14.6. The van der Waals surface area contributed by atoms with Crippen LogP contribution in [0.2, 0.25) is 0 Å². The van der Waals surface area contributed by atoms with Crippen molar-refractivity contribution < 1.29 is 28.3 Å². The smallest absolute Gasteiger partial charge is 0.408 e. The van der Waals surface area contributed by atoms with E-state index < -0.39 is 35.9 Å². The minimum Gasteiger partial charge on any atom is -0.445 e. The number of Topliss-reactive ketones (excluding diaryl/α,β-unsaturated/α-hetero) is 1. The quantitative estimate of drug-likeness (QED) is 0.303. The highest BCUT2D eigenvalue weighted by Crippen LogP contribution is 2.22. The first kappa shape index (κ1) is 31.4. The molecule has 2 heterocycles. The van der Waals surface area contributed by atoms with Gasteiger partial charge in [-0.1, -0.05) is 88.4 Å². The predicted molar refractivity (Wildman–Crippen MR) is 158 cm³/mol. The number of amides is 3. The number of nitrogens with zero attached hydrogens (tertiary/aromatic N) is 3. The first-order chi connectivity index (χ1) is 20.6. The molecule has 1 aliphatic rings. The molecule has 0 bridgehead atoms. The van der Waals surface area contributed by atoms with E-state index in [-0.39, 0.29) is 30.2 Å². The van der Waals surface area contributed by atoms with Crippen molar-refractivity contribution in [2.45, 2.75) is 71.7 Å². The van der Waals surface area contributed by atoms with Gasteiger partial charge in [-0.05, 0) is 35.8 Å². The maximum Gasteiger partial charge on any atom is 0.408 e. The van der Waals surface area contributed by atoms with Crippen LogP contribution in [0.4, 0.5) is 4.79 Å². The molecular weight excluding hydrogens is 550 g/mol. The summed E-state index contributed by atoms with van der Waals surface area (Å²) in [4.78, 5) is 54.5. The molecule has 1 aliphatic heterocycles. The number of alkyl carbamates (subject to hydrolysis) is 1. The highest BCUT2D eigenvalue weighted by atomic mass is 16.5. The van der Waals surface area contributed by atoms with Gasteiger partial charge in [-0.25, -0.2) is 4.79 Å². The van der Waals surface area contributed by atoms with E-state index >= 15 is 0 Å². The number of hydrogen-bond donors (Lipinski definition) is 2. The van der Waals surface area contributed by atoms with Crippen LogP contribution < -0.4 is 10.6 Å². The second-order valence-electron chi connectivity index (χ2n) is 11.4. The molecule has 2 aromatic carbocycles. The summed E-state index contributed by atoms with van der Waals surface area (Å²) in [6.07, 6.45) is 0.707. The van der Waals surface area contributed by atoms with E-state index in [1.807, 2.05) is 74.5 Å². The van der Waals surface area contributed by atoms with Crippen molar-refractivity contribution in [2.24, 2.45) is 11.8 Å². The number of benzene rings is 2. The molecule has 228 valence electrons. The fraction of sp³-hybridized carbons (Fsp3) is 0.438. The molecule has 0 spiro atoms. The van der Waals surface area contributed by atoms with Crippen LogP contribution >= 0.6 is 0 Å². The minimum atomic E-state index is -0.929. The zero-order valence-corrected chi connectivity index (χ0v) is 25.0. The molecular formula is C32H39N5O6. The number of nitrogens with one attached hydrogen (secondary N) is 2. The van der Waals surface area contributed by atoms with E-state index in [0.717, 1.165) is 11.1 Å². The average Bonchev–Trinajstić information content (AvgIpc) is 3.68. The second-order valence-corrected chi connectivity index (χ2v) is 11.4. The summed E-state index contributed by atoms with van der Waals surface area (Å²) in [7, 11) is 0. The van der Waals surface area contributed by atoms with Crippen molar-refractivity contribution in [3.8, 4) is 0 Å². The van der Waals surface area contributed by atoms with Crippen LogP contribution in [0.15, 0.2) is 65.1 Å². The Morgan fingerprint density at radius 3 is 2.14 bits per heavy atom. The molecule has 2 N–H and O–H groups in total. The molecule has 3 amide bonds. The Balaban J connectivity index is 1.39. The maximum atomic E-state index is 13.6. The summed E-state index contributed by atoms with van der Waals surface area (Å²) >= 11 is 0. The van der Waals surface area contributed by atoms with Crippen LogP contribution in [0.5, 0.6) is 0 Å². The fourth-order valence-corrected chi connectivity index (χ4v) is 5.00. The van der Waals surface area contributed by atoms with E-state index in [1.54, 1.807) is 13.8 Å². The molecule has 0 unspecified atom stereocenters. The summed E-state index contributed by atoms with van der Waals surface area (Å²) in [5, 5.41) is 13.4. The number of carbonyl (C=O) groups excluding carboxylic acids is 4. The molecule has 0 saturated carbocycles. The number of hydrogen-bond acceptors (Lipinski definition) is 8. The Hall–Kier alpha value is -4.54. The number of carbonyl (C=O) groups is 4. The van der Waals surface area contributed by atoms with Crippen molar-refractivity contribution in [3.05, 3.63) is 83.6 Å². The Bertz CT molecular complexity index is 1390. The molecule has 11 nitrogen and oxygen atoms in total. The van der Waals surface area contributed by atoms with Crippen LogP contribution in [0.25, 0.3) is 0 Å². The lowest BCUT2D eigenvalue weighted by Crippen LogP contribution is -2.57. The van der Waals surface area contributed by atoms with Gasteiger partial charge in [-0.2, -0.15) is 0 Å². The molecule has 0 aliphatic carbocycles. The van der Waals surface area contributed by atoms with E-state index in [0.29, 0.717) is 31.7 Å². The first-order valence-electron chi connectivity index (χ1n) is 14.6. The van der Waals surface area contributed by atoms with Crippen molar-refractivity contribution in [1.29, 1.82) is 0 Å². The van der Waals surface area contributed by atoms with Gasteiger partial charge in [-0.3, -0.25) is 14.4 Å². The average molecular weight is 590 g/mol. The molecule has 3 aromatic rings. The van der Waals surface area contributed by atoms with Gasteiger partial charge in [0.2, 0.25) is 23.5 Å². The lowest BCUT2D eigenvalue weighted by molar-refractivity contribution is -0.141. The van der Waals surface area contributed by atoms with Crippen molar-refractivity contribution in [1.82, 2.24) is 25.7 Å². The van der Waals surface area contributed by atoms with Crippen LogP contribution in [-0.2, 0) is 27.4 Å². The SMILES string of the molecule is CC(C)[C@H](NC(=O)[C@@H]1CCCN1C(=O)[C@@H](NC(=O)OCc1ccccc1)C(C)C)C(=O)c1nnc(Cc2ccccc2)o1. The minimum absolute atomic E-state index is 0.0683. The molecule has 0 radical (unpaired) electrons. The lowest BCUT2D eigenvalue weighted by Gasteiger charge is -2.31. The Morgan fingerprint density at radius 1 is 0.884 bits per heavy atom.